The normalized spacial score (nSPS) is 14.3. The Morgan fingerprint density at radius 1 is 1.39 bits per heavy atom. The molecule has 0 saturated heterocycles. The number of nitrogens with zero attached hydrogens (tertiary/aromatic N) is 2. The molecule has 6 heteroatoms. The smallest absolute Gasteiger partial charge is 0.291 e. The Morgan fingerprint density at radius 2 is 2.00 bits per heavy atom. The van der Waals surface area contributed by atoms with Gasteiger partial charge in [-0.05, 0) is 12.8 Å². The topological polar surface area (TPSA) is 85.5 Å². The Balaban J connectivity index is 3.37. The number of aromatic nitrogens is 1. The van der Waals surface area contributed by atoms with Crippen LogP contribution in [0.4, 0.5) is 5.69 Å². The molecular formula is C12H18N2O4. The van der Waals surface area contributed by atoms with Crippen LogP contribution in [-0.4, -0.2) is 28.2 Å². The van der Waals surface area contributed by atoms with E-state index in [2.05, 4.69) is 4.98 Å². The molecule has 1 rings (SSSR count). The highest BCUT2D eigenvalue weighted by atomic mass is 16.6. The van der Waals surface area contributed by atoms with Gasteiger partial charge in [0.05, 0.1) is 18.1 Å². The molecule has 18 heavy (non-hydrogen) atoms. The number of ether oxygens (including phenoxy) is 1. The van der Waals surface area contributed by atoms with Crippen LogP contribution in [0.5, 0.6) is 5.88 Å². The molecule has 100 valence electrons. The van der Waals surface area contributed by atoms with Crippen molar-refractivity contribution in [3.63, 3.8) is 0 Å². The van der Waals surface area contributed by atoms with Crippen LogP contribution in [0.2, 0.25) is 0 Å². The third-order valence-electron chi connectivity index (χ3n) is 2.84. The van der Waals surface area contributed by atoms with E-state index in [9.17, 15) is 15.2 Å². The minimum Gasteiger partial charge on any atom is -0.481 e. The first-order valence-corrected chi connectivity index (χ1v) is 5.75. The number of nitro groups is 1. The van der Waals surface area contributed by atoms with Gasteiger partial charge in [-0.3, -0.25) is 10.1 Å². The van der Waals surface area contributed by atoms with Crippen LogP contribution in [0.1, 0.15) is 32.4 Å². The second kappa shape index (κ2) is 5.77. The summed E-state index contributed by atoms with van der Waals surface area (Å²) in [5.41, 5.74) is 0.180. The molecule has 1 aromatic heterocycles. The van der Waals surface area contributed by atoms with Crippen molar-refractivity contribution >= 4 is 5.69 Å². The van der Waals surface area contributed by atoms with Gasteiger partial charge >= 0.3 is 0 Å². The average Bonchev–Trinajstić information content (AvgIpc) is 2.27. The summed E-state index contributed by atoms with van der Waals surface area (Å²) in [6.45, 7) is 5.39. The molecule has 0 aromatic carbocycles. The lowest BCUT2D eigenvalue weighted by Gasteiger charge is -2.23. The van der Waals surface area contributed by atoms with Gasteiger partial charge in [0.15, 0.2) is 0 Å². The summed E-state index contributed by atoms with van der Waals surface area (Å²) in [6, 6.07) is 2.81. The molecular weight excluding hydrogens is 236 g/mol. The molecule has 6 nitrogen and oxygen atoms in total. The highest BCUT2D eigenvalue weighted by molar-refractivity contribution is 5.40. The lowest BCUT2D eigenvalue weighted by molar-refractivity contribution is -0.386. The minimum atomic E-state index is -0.719. The monoisotopic (exact) mass is 254 g/mol. The van der Waals surface area contributed by atoms with Gasteiger partial charge in [-0.2, -0.15) is 0 Å². The van der Waals surface area contributed by atoms with E-state index >= 15 is 0 Å². The largest absolute Gasteiger partial charge is 0.481 e. The first-order chi connectivity index (χ1) is 8.38. The number of aliphatic hydroxyl groups is 1. The summed E-state index contributed by atoms with van der Waals surface area (Å²) in [5, 5.41) is 20.8. The van der Waals surface area contributed by atoms with Gasteiger partial charge < -0.3 is 9.84 Å². The number of hydrogen-bond acceptors (Lipinski definition) is 5. The Hall–Kier alpha value is -1.69. The van der Waals surface area contributed by atoms with Crippen LogP contribution < -0.4 is 4.74 Å². The molecule has 0 aliphatic rings. The zero-order chi connectivity index (χ0) is 13.9. The molecule has 0 bridgehead atoms. The molecule has 0 fully saturated rings. The second-order valence-corrected chi connectivity index (χ2v) is 4.53. The first kappa shape index (κ1) is 14.4. The predicted octanol–water partition coefficient (Wildman–Crippen LogP) is 2.12. The van der Waals surface area contributed by atoms with Gasteiger partial charge in [0.1, 0.15) is 5.69 Å². The van der Waals surface area contributed by atoms with Crippen molar-refractivity contribution in [2.75, 3.05) is 7.11 Å². The second-order valence-electron chi connectivity index (χ2n) is 4.53. The van der Waals surface area contributed by atoms with Crippen molar-refractivity contribution in [3.8, 4) is 5.88 Å². The van der Waals surface area contributed by atoms with E-state index in [0.717, 1.165) is 0 Å². The molecule has 2 unspecified atom stereocenters. The SMILES string of the molecule is COc1ccc([N+](=O)[O-])c(C(C(C)C)C(C)O)n1. The fraction of sp³-hybridized carbons (Fsp3) is 0.583. The quantitative estimate of drug-likeness (QED) is 0.642. The van der Waals surface area contributed by atoms with Crippen LogP contribution in [0.3, 0.4) is 0 Å². The maximum atomic E-state index is 11.0. The summed E-state index contributed by atoms with van der Waals surface area (Å²) in [7, 11) is 1.45. The molecule has 0 amide bonds. The van der Waals surface area contributed by atoms with E-state index < -0.39 is 16.9 Å². The summed E-state index contributed by atoms with van der Waals surface area (Å²) in [5.74, 6) is -0.0642. The van der Waals surface area contributed by atoms with E-state index in [-0.39, 0.29) is 17.3 Å². The number of rotatable bonds is 5. The van der Waals surface area contributed by atoms with Crippen LogP contribution in [0, 0.1) is 16.0 Å². The molecule has 0 radical (unpaired) electrons. The molecule has 0 aliphatic carbocycles. The van der Waals surface area contributed by atoms with Crippen LogP contribution in [0.25, 0.3) is 0 Å². The standard InChI is InChI=1S/C12H18N2O4/c1-7(2)11(8(3)15)12-9(14(16)17)5-6-10(13-12)18-4/h5-8,11,15H,1-4H3. The zero-order valence-corrected chi connectivity index (χ0v) is 11.0. The lowest BCUT2D eigenvalue weighted by Crippen LogP contribution is -2.22. The Labute approximate surface area is 106 Å². The van der Waals surface area contributed by atoms with Crippen molar-refractivity contribution in [1.82, 2.24) is 4.98 Å². The van der Waals surface area contributed by atoms with E-state index in [0.29, 0.717) is 5.88 Å². The Morgan fingerprint density at radius 3 is 2.39 bits per heavy atom. The highest BCUT2D eigenvalue weighted by Crippen LogP contribution is 2.34. The fourth-order valence-electron chi connectivity index (χ4n) is 2.06. The summed E-state index contributed by atoms with van der Waals surface area (Å²) in [4.78, 5) is 14.7. The van der Waals surface area contributed by atoms with Gasteiger partial charge in [0, 0.05) is 18.1 Å². The first-order valence-electron chi connectivity index (χ1n) is 5.75. The van der Waals surface area contributed by atoms with E-state index in [1.165, 1.54) is 19.2 Å². The van der Waals surface area contributed by atoms with Crippen molar-refractivity contribution < 1.29 is 14.8 Å². The van der Waals surface area contributed by atoms with Crippen molar-refractivity contribution in [2.24, 2.45) is 5.92 Å². The van der Waals surface area contributed by atoms with Gasteiger partial charge in [-0.15, -0.1) is 0 Å². The van der Waals surface area contributed by atoms with Crippen LogP contribution in [-0.2, 0) is 0 Å². The summed E-state index contributed by atoms with van der Waals surface area (Å²) < 4.78 is 4.98. The molecule has 1 aromatic rings. The zero-order valence-electron chi connectivity index (χ0n) is 11.0. The third kappa shape index (κ3) is 2.95. The average molecular weight is 254 g/mol. The number of aliphatic hydroxyl groups excluding tert-OH is 1. The Kier molecular flexibility index (Phi) is 4.61. The maximum absolute atomic E-state index is 11.0. The fourth-order valence-corrected chi connectivity index (χ4v) is 2.06. The third-order valence-corrected chi connectivity index (χ3v) is 2.84. The maximum Gasteiger partial charge on any atom is 0.291 e. The highest BCUT2D eigenvalue weighted by Gasteiger charge is 2.30. The van der Waals surface area contributed by atoms with Gasteiger partial charge in [0.25, 0.3) is 5.69 Å². The summed E-state index contributed by atoms with van der Waals surface area (Å²) in [6.07, 6.45) is -0.719. The van der Waals surface area contributed by atoms with Crippen LogP contribution in [0.15, 0.2) is 12.1 Å². The molecule has 1 heterocycles. The van der Waals surface area contributed by atoms with Crippen molar-refractivity contribution in [3.05, 3.63) is 27.9 Å². The van der Waals surface area contributed by atoms with E-state index in [1.807, 2.05) is 13.8 Å². The molecule has 2 atom stereocenters. The van der Waals surface area contributed by atoms with Crippen LogP contribution >= 0.6 is 0 Å². The number of hydrogen-bond donors (Lipinski definition) is 1. The van der Waals surface area contributed by atoms with Gasteiger partial charge in [0.2, 0.25) is 5.88 Å². The number of pyridine rings is 1. The van der Waals surface area contributed by atoms with Gasteiger partial charge in [-0.1, -0.05) is 13.8 Å². The number of methoxy groups -OCH3 is 1. The lowest BCUT2D eigenvalue weighted by atomic mass is 9.87. The summed E-state index contributed by atoms with van der Waals surface area (Å²) >= 11 is 0. The minimum absolute atomic E-state index is 0.0308. The van der Waals surface area contributed by atoms with E-state index in [4.69, 9.17) is 4.74 Å². The molecule has 0 aliphatic heterocycles. The predicted molar refractivity (Wildman–Crippen MR) is 66.7 cm³/mol. The van der Waals surface area contributed by atoms with Gasteiger partial charge in [-0.25, -0.2) is 4.98 Å². The van der Waals surface area contributed by atoms with Crippen molar-refractivity contribution in [2.45, 2.75) is 32.8 Å². The Bertz CT molecular complexity index is 424. The molecule has 1 N–H and O–H groups in total. The van der Waals surface area contributed by atoms with Crippen molar-refractivity contribution in [1.29, 1.82) is 0 Å². The van der Waals surface area contributed by atoms with E-state index in [1.54, 1.807) is 6.92 Å². The molecule has 0 saturated carbocycles. The molecule has 0 spiro atoms.